The lowest BCUT2D eigenvalue weighted by molar-refractivity contribution is 0.672. The normalized spacial score (nSPS) is 13.0. The molecule has 0 aliphatic heterocycles. The van der Waals surface area contributed by atoms with Gasteiger partial charge in [-0.1, -0.05) is 200 Å². The van der Waals surface area contributed by atoms with Gasteiger partial charge in [0.2, 0.25) is 0 Å². The first kappa shape index (κ1) is 38.2. The Balaban J connectivity index is 0.956. The van der Waals surface area contributed by atoms with Crippen molar-refractivity contribution in [2.24, 2.45) is 0 Å². The molecule has 0 saturated carbocycles. The lowest BCUT2D eigenvalue weighted by atomic mass is 9.70. The molecule has 0 N–H and O–H groups in total. The summed E-state index contributed by atoms with van der Waals surface area (Å²) in [5, 5.41) is 9.59. The number of rotatable bonds is 5. The van der Waals surface area contributed by atoms with E-state index in [1.807, 2.05) is 0 Å². The lowest BCUT2D eigenvalue weighted by Gasteiger charge is -2.32. The van der Waals surface area contributed by atoms with Crippen LogP contribution in [0, 0.1) is 0 Å². The molecule has 2 nitrogen and oxygen atoms in total. The maximum atomic E-state index is 6.63. The molecule has 0 amide bonds. The monoisotopic (exact) mass is 875 g/mol. The van der Waals surface area contributed by atoms with Crippen LogP contribution >= 0.6 is 0 Å². The van der Waals surface area contributed by atoms with Gasteiger partial charge in [0.15, 0.2) is 0 Å². The molecule has 2 aliphatic carbocycles. The van der Waals surface area contributed by atoms with Gasteiger partial charge in [0.05, 0.1) is 16.8 Å². The number of hydrogen-bond donors (Lipinski definition) is 0. The summed E-state index contributed by atoms with van der Waals surface area (Å²) in [5.41, 5.74) is 19.7. The maximum Gasteiger partial charge on any atom is 0.143 e. The number of benzene rings is 12. The van der Waals surface area contributed by atoms with E-state index in [0.717, 1.165) is 55.5 Å². The quantitative estimate of drug-likeness (QED) is 0.160. The predicted molar refractivity (Wildman–Crippen MR) is 288 cm³/mol. The van der Waals surface area contributed by atoms with Crippen LogP contribution in [-0.4, -0.2) is 0 Å². The maximum absolute atomic E-state index is 6.63. The molecule has 320 valence electrons. The SMILES string of the molecule is c1ccc(N(c2ccc(-c3ccc4c(ccc5ccccc54)c3)cc2)c2cccc3c2-c2ccccc2C32c3ccccc3-c3ccccc32)c(-c2ccc3oc4c5ccccc5ccc4c3c2)c1. The minimum atomic E-state index is -0.469. The largest absolute Gasteiger partial charge is 0.455 e. The summed E-state index contributed by atoms with van der Waals surface area (Å²) in [7, 11) is 0. The van der Waals surface area contributed by atoms with Gasteiger partial charge in [0.1, 0.15) is 11.2 Å². The second-order valence-corrected chi connectivity index (χ2v) is 18.7. The van der Waals surface area contributed by atoms with Crippen LogP contribution in [0.25, 0.3) is 98.8 Å². The third-order valence-corrected chi connectivity index (χ3v) is 15.3. The molecule has 1 heterocycles. The van der Waals surface area contributed by atoms with Crippen LogP contribution in [0.5, 0.6) is 0 Å². The molecule has 1 spiro atoms. The number of fused-ring (bicyclic) bond motifs is 18. The van der Waals surface area contributed by atoms with Crippen molar-refractivity contribution in [1.29, 1.82) is 0 Å². The van der Waals surface area contributed by atoms with Crippen LogP contribution in [0.1, 0.15) is 22.3 Å². The number of anilines is 3. The first-order chi connectivity index (χ1) is 34.2. The second-order valence-electron chi connectivity index (χ2n) is 18.7. The van der Waals surface area contributed by atoms with Gasteiger partial charge < -0.3 is 9.32 Å². The minimum absolute atomic E-state index is 0.469. The van der Waals surface area contributed by atoms with Gasteiger partial charge in [0, 0.05) is 33.0 Å². The summed E-state index contributed by atoms with van der Waals surface area (Å²) in [6.07, 6.45) is 0. The zero-order valence-corrected chi connectivity index (χ0v) is 37.5. The summed E-state index contributed by atoms with van der Waals surface area (Å²) in [5.74, 6) is 0. The van der Waals surface area contributed by atoms with E-state index in [-0.39, 0.29) is 0 Å². The predicted octanol–water partition coefficient (Wildman–Crippen LogP) is 18.2. The molecule has 0 radical (unpaired) electrons. The molecule has 69 heavy (non-hydrogen) atoms. The number of furan rings is 1. The highest BCUT2D eigenvalue weighted by molar-refractivity contribution is 6.16. The van der Waals surface area contributed by atoms with Gasteiger partial charge >= 0.3 is 0 Å². The third-order valence-electron chi connectivity index (χ3n) is 15.3. The van der Waals surface area contributed by atoms with E-state index < -0.39 is 5.41 Å². The average molecular weight is 876 g/mol. The summed E-state index contributed by atoms with van der Waals surface area (Å²) in [6.45, 7) is 0. The van der Waals surface area contributed by atoms with Crippen molar-refractivity contribution in [2.75, 3.05) is 4.90 Å². The van der Waals surface area contributed by atoms with Crippen LogP contribution in [0.15, 0.2) is 253 Å². The van der Waals surface area contributed by atoms with Crippen molar-refractivity contribution >= 4 is 71.3 Å². The Bertz CT molecular complexity index is 4220. The van der Waals surface area contributed by atoms with Gasteiger partial charge in [-0.15, -0.1) is 0 Å². The third kappa shape index (κ3) is 5.37. The summed E-state index contributed by atoms with van der Waals surface area (Å²) in [6, 6.07) is 92.0. The van der Waals surface area contributed by atoms with Crippen molar-refractivity contribution in [3.63, 3.8) is 0 Å². The molecule has 0 fully saturated rings. The molecule has 12 aromatic carbocycles. The van der Waals surface area contributed by atoms with Crippen molar-refractivity contribution in [1.82, 2.24) is 0 Å². The highest BCUT2D eigenvalue weighted by atomic mass is 16.3. The van der Waals surface area contributed by atoms with Crippen molar-refractivity contribution in [3.8, 4) is 44.5 Å². The minimum Gasteiger partial charge on any atom is -0.455 e. The van der Waals surface area contributed by atoms with Crippen molar-refractivity contribution in [3.05, 3.63) is 271 Å². The van der Waals surface area contributed by atoms with E-state index >= 15 is 0 Å². The van der Waals surface area contributed by atoms with Crippen LogP contribution in [-0.2, 0) is 5.41 Å². The smallest absolute Gasteiger partial charge is 0.143 e. The number of para-hydroxylation sites is 1. The van der Waals surface area contributed by atoms with Crippen molar-refractivity contribution in [2.45, 2.75) is 5.41 Å². The van der Waals surface area contributed by atoms with Crippen LogP contribution < -0.4 is 4.90 Å². The van der Waals surface area contributed by atoms with Gasteiger partial charge in [0.25, 0.3) is 0 Å². The molecule has 0 atom stereocenters. The summed E-state index contributed by atoms with van der Waals surface area (Å²) >= 11 is 0. The first-order valence-electron chi connectivity index (χ1n) is 23.9. The summed E-state index contributed by atoms with van der Waals surface area (Å²) < 4.78 is 6.63. The molecule has 1 aromatic heterocycles. The average Bonchev–Trinajstić information content (AvgIpc) is 4.06. The van der Waals surface area contributed by atoms with Gasteiger partial charge in [-0.05, 0) is 131 Å². The first-order valence-corrected chi connectivity index (χ1v) is 23.9. The fraction of sp³-hybridized carbons (Fsp3) is 0.0149. The zero-order valence-electron chi connectivity index (χ0n) is 37.5. The van der Waals surface area contributed by atoms with E-state index in [1.54, 1.807) is 0 Å². The molecule has 0 bridgehead atoms. The molecule has 15 rings (SSSR count). The Hall–Kier alpha value is -8.98. The Kier molecular flexibility index (Phi) is 8.02. The number of hydrogen-bond acceptors (Lipinski definition) is 2. The van der Waals surface area contributed by atoms with Crippen LogP contribution in [0.2, 0.25) is 0 Å². The Morgan fingerprint density at radius 2 is 0.841 bits per heavy atom. The van der Waals surface area contributed by atoms with Gasteiger partial charge in [-0.2, -0.15) is 0 Å². The Morgan fingerprint density at radius 3 is 1.62 bits per heavy atom. The molecule has 2 aliphatic rings. The fourth-order valence-corrected chi connectivity index (χ4v) is 12.3. The fourth-order valence-electron chi connectivity index (χ4n) is 12.3. The number of nitrogens with zero attached hydrogens (tertiary/aromatic N) is 1. The van der Waals surface area contributed by atoms with Crippen LogP contribution in [0.4, 0.5) is 17.1 Å². The molecule has 13 aromatic rings. The molecular formula is C67H41NO. The highest BCUT2D eigenvalue weighted by Gasteiger charge is 2.52. The van der Waals surface area contributed by atoms with E-state index in [2.05, 4.69) is 254 Å². The molecule has 2 heteroatoms. The van der Waals surface area contributed by atoms with Gasteiger partial charge in [-0.3, -0.25) is 0 Å². The van der Waals surface area contributed by atoms with Crippen molar-refractivity contribution < 1.29 is 4.42 Å². The molecular weight excluding hydrogens is 835 g/mol. The van der Waals surface area contributed by atoms with E-state index in [1.165, 1.54) is 82.6 Å². The standard InChI is InChI=1S/C67H41NO/c1-3-16-49-43(14-1)28-29-46-40-45(33-37-50(46)49)42-30-35-48(36-31-42)68(62-26-12-8-17-51(62)47-34-39-64-57(41-47)55-38-32-44-15-2-4-18-52(44)66(55)69-64)63-27-13-25-61-65(63)56-21-7-11-24-60(56)67(61)58-22-9-5-19-53(58)54-20-6-10-23-59(54)67/h1-41H. The Morgan fingerprint density at radius 1 is 0.304 bits per heavy atom. The second kappa shape index (κ2) is 14.5. The molecule has 0 saturated heterocycles. The van der Waals surface area contributed by atoms with E-state index in [0.29, 0.717) is 0 Å². The zero-order chi connectivity index (χ0) is 45.2. The topological polar surface area (TPSA) is 16.4 Å². The van der Waals surface area contributed by atoms with E-state index in [9.17, 15) is 0 Å². The van der Waals surface area contributed by atoms with Gasteiger partial charge in [-0.25, -0.2) is 0 Å². The molecule has 0 unspecified atom stereocenters. The highest BCUT2D eigenvalue weighted by Crippen LogP contribution is 2.65. The van der Waals surface area contributed by atoms with Crippen LogP contribution in [0.3, 0.4) is 0 Å². The summed E-state index contributed by atoms with van der Waals surface area (Å²) in [4.78, 5) is 2.51. The van der Waals surface area contributed by atoms with E-state index in [4.69, 9.17) is 4.42 Å². The Labute approximate surface area is 399 Å². The lowest BCUT2D eigenvalue weighted by Crippen LogP contribution is -2.26.